The van der Waals surface area contributed by atoms with E-state index in [1.54, 1.807) is 19.2 Å². The van der Waals surface area contributed by atoms with Crippen molar-refractivity contribution < 1.29 is 9.18 Å². The van der Waals surface area contributed by atoms with E-state index in [1.165, 1.54) is 16.8 Å². The van der Waals surface area contributed by atoms with Crippen molar-refractivity contribution in [2.24, 2.45) is 13.0 Å². The lowest BCUT2D eigenvalue weighted by Crippen LogP contribution is -2.32. The summed E-state index contributed by atoms with van der Waals surface area (Å²) in [5.41, 5.74) is 0.787. The molecule has 1 aliphatic heterocycles. The molecule has 1 aliphatic rings. The third-order valence-electron chi connectivity index (χ3n) is 4.23. The molecule has 0 saturated carbocycles. The molecule has 1 saturated heterocycles. The largest absolute Gasteiger partial charge is 0.368 e. The summed E-state index contributed by atoms with van der Waals surface area (Å²) in [4.78, 5) is 15.2. The van der Waals surface area contributed by atoms with Crippen LogP contribution in [-0.2, 0) is 11.8 Å². The molecule has 0 aliphatic carbocycles. The van der Waals surface area contributed by atoms with Crippen LogP contribution >= 0.6 is 39.7 Å². The Hall–Kier alpha value is -1.51. The number of hydrogen-bond donors (Lipinski definition) is 1. The number of nitrogens with one attached hydrogen (secondary N) is 1. The smallest absolute Gasteiger partial charge is 0.235 e. The van der Waals surface area contributed by atoms with Crippen LogP contribution in [0.2, 0.25) is 5.15 Å². The molecule has 0 unspecified atom stereocenters. The van der Waals surface area contributed by atoms with Gasteiger partial charge in [0.25, 0.3) is 0 Å². The molecule has 9 heteroatoms. The van der Waals surface area contributed by atoms with Crippen LogP contribution in [0.3, 0.4) is 0 Å². The van der Waals surface area contributed by atoms with Crippen molar-refractivity contribution in [3.63, 3.8) is 0 Å². The number of hydrogen-bond acceptors (Lipinski definition) is 3. The maximum atomic E-state index is 13.9. The monoisotopic (exact) mass is 444 g/mol. The van der Waals surface area contributed by atoms with Crippen molar-refractivity contribution in [2.75, 3.05) is 18.9 Å². The predicted octanol–water partition coefficient (Wildman–Crippen LogP) is 3.59. The van der Waals surface area contributed by atoms with E-state index in [-0.39, 0.29) is 17.5 Å². The SMILES string of the molecule is CN1C[C@H](c2nn(C)c(Cl)c2Br)[C@@H](C(=O)Nc2ccccc2F)C1=S. The van der Waals surface area contributed by atoms with Gasteiger partial charge < -0.3 is 10.2 Å². The molecule has 132 valence electrons. The Bertz CT molecular complexity index is 859. The molecule has 1 aromatic heterocycles. The Morgan fingerprint density at radius 3 is 2.72 bits per heavy atom. The molecule has 1 amide bonds. The number of thiocarbonyl (C=S) groups is 1. The summed E-state index contributed by atoms with van der Waals surface area (Å²) in [6.07, 6.45) is 0. The number of nitrogens with zero attached hydrogens (tertiary/aromatic N) is 3. The summed E-state index contributed by atoms with van der Waals surface area (Å²) in [5, 5.41) is 7.50. The number of halogens is 3. The lowest BCUT2D eigenvalue weighted by atomic mass is 9.92. The molecule has 3 rings (SSSR count). The lowest BCUT2D eigenvalue weighted by Gasteiger charge is -2.17. The van der Waals surface area contributed by atoms with Crippen LogP contribution in [0.1, 0.15) is 11.6 Å². The zero-order valence-corrected chi connectivity index (χ0v) is 16.6. The van der Waals surface area contributed by atoms with E-state index in [0.29, 0.717) is 26.9 Å². The van der Waals surface area contributed by atoms with Crippen LogP contribution in [0.15, 0.2) is 28.7 Å². The average molecular weight is 446 g/mol. The van der Waals surface area contributed by atoms with Gasteiger partial charge in [0.1, 0.15) is 11.0 Å². The minimum atomic E-state index is -0.637. The van der Waals surface area contributed by atoms with Crippen molar-refractivity contribution in [3.8, 4) is 0 Å². The molecule has 0 bridgehead atoms. The van der Waals surface area contributed by atoms with Crippen molar-refractivity contribution in [1.29, 1.82) is 0 Å². The molecular formula is C16H15BrClFN4OS. The first kappa shape index (κ1) is 18.3. The van der Waals surface area contributed by atoms with Gasteiger partial charge in [0.2, 0.25) is 5.91 Å². The van der Waals surface area contributed by atoms with Crippen molar-refractivity contribution in [3.05, 3.63) is 45.4 Å². The molecule has 2 heterocycles. The highest BCUT2D eigenvalue weighted by Gasteiger charge is 2.44. The number of likely N-dealkylation sites (N-methyl/N-ethyl adjacent to an activating group) is 1. The molecule has 5 nitrogen and oxygen atoms in total. The number of rotatable bonds is 3. The van der Waals surface area contributed by atoms with Crippen molar-refractivity contribution in [2.45, 2.75) is 5.92 Å². The molecule has 0 radical (unpaired) electrons. The summed E-state index contributed by atoms with van der Waals surface area (Å²) >= 11 is 15.1. The molecule has 2 aromatic rings. The van der Waals surface area contributed by atoms with E-state index in [4.69, 9.17) is 23.8 Å². The first-order chi connectivity index (χ1) is 11.8. The number of aromatic nitrogens is 2. The summed E-state index contributed by atoms with van der Waals surface area (Å²) < 4.78 is 16.0. The van der Waals surface area contributed by atoms with Crippen LogP contribution in [-0.4, -0.2) is 39.2 Å². The number of para-hydroxylation sites is 1. The number of benzene rings is 1. The van der Waals surface area contributed by atoms with Gasteiger partial charge in [0, 0.05) is 26.6 Å². The maximum absolute atomic E-state index is 13.9. The first-order valence-electron chi connectivity index (χ1n) is 7.49. The highest BCUT2D eigenvalue weighted by Crippen LogP contribution is 2.39. The minimum Gasteiger partial charge on any atom is -0.368 e. The van der Waals surface area contributed by atoms with Gasteiger partial charge in [0.15, 0.2) is 0 Å². The van der Waals surface area contributed by atoms with Crippen molar-refractivity contribution >= 4 is 56.3 Å². The lowest BCUT2D eigenvalue weighted by molar-refractivity contribution is -0.118. The van der Waals surface area contributed by atoms with E-state index in [9.17, 15) is 9.18 Å². The zero-order chi connectivity index (χ0) is 18.3. The maximum Gasteiger partial charge on any atom is 0.235 e. The molecule has 1 aromatic carbocycles. The second kappa shape index (κ2) is 7.01. The fourth-order valence-corrected chi connectivity index (χ4v) is 4.06. The number of anilines is 1. The predicted molar refractivity (Wildman–Crippen MR) is 102 cm³/mol. The fourth-order valence-electron chi connectivity index (χ4n) is 2.95. The summed E-state index contributed by atoms with van der Waals surface area (Å²) in [6.45, 7) is 0.528. The molecule has 2 atom stereocenters. The Labute approximate surface area is 163 Å². The average Bonchev–Trinajstić information content (AvgIpc) is 3.01. The van der Waals surface area contributed by atoms with Crippen LogP contribution in [0, 0.1) is 11.7 Å². The second-order valence-corrected chi connectivity index (χ2v) is 7.45. The van der Waals surface area contributed by atoms with E-state index < -0.39 is 11.7 Å². The summed E-state index contributed by atoms with van der Waals surface area (Å²) in [6, 6.07) is 6.03. The van der Waals surface area contributed by atoms with Gasteiger partial charge in [-0.2, -0.15) is 5.10 Å². The Morgan fingerprint density at radius 1 is 1.44 bits per heavy atom. The number of amides is 1. The second-order valence-electron chi connectivity index (χ2n) is 5.89. The van der Waals surface area contributed by atoms with Gasteiger partial charge in [-0.1, -0.05) is 36.0 Å². The third kappa shape index (κ3) is 3.30. The van der Waals surface area contributed by atoms with Gasteiger partial charge in [-0.05, 0) is 28.1 Å². The standard InChI is InChI=1S/C16H15BrClFN4OS/c1-22-7-8(13-12(17)14(18)23(2)21-13)11(16(22)25)15(24)20-10-6-4-3-5-9(10)19/h3-6,8,11H,7H2,1-2H3,(H,20,24)/t8-,11-/m0/s1. The quantitative estimate of drug-likeness (QED) is 0.734. The van der Waals surface area contributed by atoms with E-state index in [0.717, 1.165) is 0 Å². The topological polar surface area (TPSA) is 50.2 Å². The van der Waals surface area contributed by atoms with Crippen LogP contribution in [0.25, 0.3) is 0 Å². The summed E-state index contributed by atoms with van der Waals surface area (Å²) in [5.74, 6) is -1.77. The van der Waals surface area contributed by atoms with Gasteiger partial charge in [-0.3, -0.25) is 9.48 Å². The zero-order valence-electron chi connectivity index (χ0n) is 13.5. The van der Waals surface area contributed by atoms with Crippen LogP contribution in [0.5, 0.6) is 0 Å². The molecule has 1 fully saturated rings. The van der Waals surface area contributed by atoms with Gasteiger partial charge in [-0.25, -0.2) is 4.39 Å². The van der Waals surface area contributed by atoms with E-state index in [2.05, 4.69) is 26.3 Å². The van der Waals surface area contributed by atoms with Crippen molar-refractivity contribution in [1.82, 2.24) is 14.7 Å². The molecule has 1 N–H and O–H groups in total. The van der Waals surface area contributed by atoms with E-state index >= 15 is 0 Å². The normalized spacial score (nSPS) is 20.2. The highest BCUT2D eigenvalue weighted by atomic mass is 79.9. The van der Waals surface area contributed by atoms with Gasteiger partial charge >= 0.3 is 0 Å². The van der Waals surface area contributed by atoms with Crippen LogP contribution in [0.4, 0.5) is 10.1 Å². The number of likely N-dealkylation sites (tertiary alicyclic amines) is 1. The first-order valence-corrected chi connectivity index (χ1v) is 9.07. The Kier molecular flexibility index (Phi) is 5.13. The van der Waals surface area contributed by atoms with E-state index in [1.807, 2.05) is 11.9 Å². The highest BCUT2D eigenvalue weighted by molar-refractivity contribution is 9.10. The molecular weight excluding hydrogens is 431 g/mol. The minimum absolute atomic E-state index is 0.127. The van der Waals surface area contributed by atoms with Gasteiger partial charge in [0.05, 0.1) is 26.8 Å². The molecule has 25 heavy (non-hydrogen) atoms. The third-order valence-corrected chi connectivity index (χ3v) is 6.24. The number of aryl methyl sites for hydroxylation is 1. The van der Waals surface area contributed by atoms with Gasteiger partial charge in [-0.15, -0.1) is 0 Å². The number of carbonyl (C=O) groups is 1. The fraction of sp³-hybridized carbons (Fsp3) is 0.312. The number of carbonyl (C=O) groups excluding carboxylic acids is 1. The van der Waals surface area contributed by atoms with Crippen LogP contribution < -0.4 is 5.32 Å². The Balaban J connectivity index is 1.93. The Morgan fingerprint density at radius 2 is 2.12 bits per heavy atom. The summed E-state index contributed by atoms with van der Waals surface area (Å²) in [7, 11) is 3.55. The molecule has 0 spiro atoms.